The molecule has 0 fully saturated rings. The Morgan fingerprint density at radius 3 is 2.93 bits per heavy atom. The van der Waals surface area contributed by atoms with E-state index in [0.29, 0.717) is 6.42 Å². The van der Waals surface area contributed by atoms with Crippen molar-refractivity contribution in [2.75, 3.05) is 13.3 Å². The Bertz CT molecular complexity index is 1060. The predicted molar refractivity (Wildman–Crippen MR) is 104 cm³/mol. The third kappa shape index (κ3) is 2.95. The molecular formula is C22H20N2O3. The third-order valence-corrected chi connectivity index (χ3v) is 5.22. The van der Waals surface area contributed by atoms with Crippen LogP contribution in [0.5, 0.6) is 11.5 Å². The highest BCUT2D eigenvalue weighted by molar-refractivity contribution is 5.97. The minimum atomic E-state index is 0.119. The highest BCUT2D eigenvalue weighted by atomic mass is 16.7. The van der Waals surface area contributed by atoms with E-state index in [-0.39, 0.29) is 12.6 Å². The van der Waals surface area contributed by atoms with Crippen LogP contribution in [0, 0.1) is 0 Å². The van der Waals surface area contributed by atoms with E-state index in [9.17, 15) is 4.79 Å². The summed E-state index contributed by atoms with van der Waals surface area (Å²) in [4.78, 5) is 15.9. The highest BCUT2D eigenvalue weighted by Gasteiger charge is 2.22. The molecule has 2 aliphatic rings. The van der Waals surface area contributed by atoms with Gasteiger partial charge in [0.2, 0.25) is 6.79 Å². The number of carbonyl (C=O) groups is 1. The smallest absolute Gasteiger partial charge is 0.231 e. The molecule has 0 bridgehead atoms. The Morgan fingerprint density at radius 2 is 2.00 bits per heavy atom. The largest absolute Gasteiger partial charge is 0.454 e. The molecular weight excluding hydrogens is 340 g/mol. The lowest BCUT2D eigenvalue weighted by atomic mass is 9.96. The lowest BCUT2D eigenvalue weighted by Gasteiger charge is -2.21. The Kier molecular flexibility index (Phi) is 3.85. The Hall–Kier alpha value is -3.21. The minimum Gasteiger partial charge on any atom is -0.454 e. The molecule has 0 amide bonds. The maximum Gasteiger partial charge on any atom is 0.231 e. The first-order chi connectivity index (χ1) is 13.3. The van der Waals surface area contributed by atoms with Gasteiger partial charge in [-0.05, 0) is 42.2 Å². The van der Waals surface area contributed by atoms with Gasteiger partial charge in [-0.2, -0.15) is 0 Å². The summed E-state index contributed by atoms with van der Waals surface area (Å²) < 4.78 is 11.0. The lowest BCUT2D eigenvalue weighted by Crippen LogP contribution is -2.23. The Labute approximate surface area is 157 Å². The summed E-state index contributed by atoms with van der Waals surface area (Å²) in [5, 5.41) is 4.54. The van der Waals surface area contributed by atoms with E-state index in [1.54, 1.807) is 6.08 Å². The summed E-state index contributed by atoms with van der Waals surface area (Å²) in [5.41, 5.74) is 5.38. The number of hydrogen-bond donors (Lipinski definition) is 2. The third-order valence-electron chi connectivity index (χ3n) is 5.22. The number of ketones is 1. The second-order valence-corrected chi connectivity index (χ2v) is 6.92. The second kappa shape index (κ2) is 6.50. The van der Waals surface area contributed by atoms with Crippen LogP contribution < -0.4 is 14.8 Å². The first-order valence-corrected chi connectivity index (χ1v) is 9.24. The van der Waals surface area contributed by atoms with Crippen molar-refractivity contribution in [1.82, 2.24) is 10.3 Å². The van der Waals surface area contributed by atoms with Crippen LogP contribution in [0.15, 0.2) is 48.7 Å². The maximum absolute atomic E-state index is 12.6. The summed E-state index contributed by atoms with van der Waals surface area (Å²) in [6, 6.07) is 12.2. The van der Waals surface area contributed by atoms with Gasteiger partial charge in [-0.25, -0.2) is 0 Å². The monoisotopic (exact) mass is 360 g/mol. The second-order valence-electron chi connectivity index (χ2n) is 6.92. The van der Waals surface area contributed by atoms with Gasteiger partial charge < -0.3 is 19.8 Å². The number of rotatable bonds is 4. The number of aromatic amines is 1. The Morgan fingerprint density at radius 1 is 1.15 bits per heavy atom. The van der Waals surface area contributed by atoms with Crippen molar-refractivity contribution >= 4 is 22.4 Å². The molecule has 5 heteroatoms. The minimum absolute atomic E-state index is 0.119. The topological polar surface area (TPSA) is 63.4 Å². The molecule has 0 atom stereocenters. The van der Waals surface area contributed by atoms with E-state index >= 15 is 0 Å². The van der Waals surface area contributed by atoms with Gasteiger partial charge in [0.05, 0.1) is 0 Å². The number of carbonyl (C=O) groups excluding carboxylic acids is 1. The lowest BCUT2D eigenvalue weighted by molar-refractivity contribution is -0.114. The summed E-state index contributed by atoms with van der Waals surface area (Å²) in [6.45, 7) is 1.07. The van der Waals surface area contributed by atoms with Crippen molar-refractivity contribution in [3.8, 4) is 11.5 Å². The number of benzene rings is 2. The van der Waals surface area contributed by atoms with Crippen molar-refractivity contribution < 1.29 is 14.3 Å². The predicted octanol–water partition coefficient (Wildman–Crippen LogP) is 3.59. The molecule has 5 nitrogen and oxygen atoms in total. The number of aromatic nitrogens is 1. The standard InChI is InChI=1S/C22H20N2O3/c25-16(6-5-15-12-24-19-4-2-1-3-17(15)19)10-20-18-11-22-21(26-13-27-22)9-14(18)7-8-23-20/h1-4,9-12,23-24H,5-8,13H2. The summed E-state index contributed by atoms with van der Waals surface area (Å²) in [5.74, 6) is 1.66. The molecule has 0 aliphatic carbocycles. The van der Waals surface area contributed by atoms with Gasteiger partial charge in [0, 0.05) is 47.4 Å². The van der Waals surface area contributed by atoms with E-state index in [4.69, 9.17) is 9.47 Å². The van der Waals surface area contributed by atoms with Crippen LogP contribution in [0.3, 0.4) is 0 Å². The number of nitrogens with one attached hydrogen (secondary N) is 2. The summed E-state index contributed by atoms with van der Waals surface area (Å²) in [7, 11) is 0. The van der Waals surface area contributed by atoms with Gasteiger partial charge in [0.25, 0.3) is 0 Å². The number of hydrogen-bond acceptors (Lipinski definition) is 4. The first kappa shape index (κ1) is 16.0. The molecule has 3 aromatic rings. The van der Waals surface area contributed by atoms with Crippen molar-refractivity contribution in [2.45, 2.75) is 19.3 Å². The van der Waals surface area contributed by atoms with Crippen LogP contribution in [-0.4, -0.2) is 24.1 Å². The zero-order chi connectivity index (χ0) is 18.2. The molecule has 0 saturated carbocycles. The van der Waals surface area contributed by atoms with E-state index in [0.717, 1.165) is 47.7 Å². The fourth-order valence-corrected chi connectivity index (χ4v) is 3.83. The first-order valence-electron chi connectivity index (χ1n) is 9.24. The average Bonchev–Trinajstić information content (AvgIpc) is 3.31. The number of allylic oxidation sites excluding steroid dienone is 1. The fraction of sp³-hybridized carbons (Fsp3) is 0.227. The molecule has 3 heterocycles. The van der Waals surface area contributed by atoms with Gasteiger partial charge in [0.1, 0.15) is 0 Å². The number of ether oxygens (including phenoxy) is 2. The molecule has 2 aliphatic heterocycles. The van der Waals surface area contributed by atoms with Crippen LogP contribution >= 0.6 is 0 Å². The molecule has 5 rings (SSSR count). The molecule has 0 spiro atoms. The van der Waals surface area contributed by atoms with Gasteiger partial charge in [-0.15, -0.1) is 0 Å². The van der Waals surface area contributed by atoms with Crippen LogP contribution in [0.1, 0.15) is 23.1 Å². The van der Waals surface area contributed by atoms with Crippen molar-refractivity contribution in [3.63, 3.8) is 0 Å². The average molecular weight is 360 g/mol. The highest BCUT2D eigenvalue weighted by Crippen LogP contribution is 2.38. The van der Waals surface area contributed by atoms with E-state index in [2.05, 4.69) is 22.4 Å². The molecule has 0 saturated heterocycles. The van der Waals surface area contributed by atoms with E-state index in [1.165, 1.54) is 16.5 Å². The molecule has 0 unspecified atom stereocenters. The number of aryl methyl sites for hydroxylation is 1. The van der Waals surface area contributed by atoms with Crippen molar-refractivity contribution in [2.24, 2.45) is 0 Å². The normalized spacial score (nSPS) is 16.4. The number of H-pyrrole nitrogens is 1. The summed E-state index contributed by atoms with van der Waals surface area (Å²) >= 11 is 0. The van der Waals surface area contributed by atoms with E-state index < -0.39 is 0 Å². The molecule has 1 aromatic heterocycles. The summed E-state index contributed by atoms with van der Waals surface area (Å²) in [6.07, 6.45) is 5.84. The van der Waals surface area contributed by atoms with Crippen LogP contribution in [0.25, 0.3) is 16.6 Å². The number of fused-ring (bicyclic) bond motifs is 3. The van der Waals surface area contributed by atoms with Crippen LogP contribution in [0.2, 0.25) is 0 Å². The SMILES string of the molecule is O=C(C=C1NCCc2cc3c(cc21)OCO3)CCc1c[nH]c2ccccc12. The molecule has 2 N–H and O–H groups in total. The zero-order valence-electron chi connectivity index (χ0n) is 14.9. The van der Waals surface area contributed by atoms with Crippen LogP contribution in [-0.2, 0) is 17.6 Å². The molecule has 2 aromatic carbocycles. The molecule has 27 heavy (non-hydrogen) atoms. The molecule has 0 radical (unpaired) electrons. The van der Waals surface area contributed by atoms with Gasteiger partial charge in [-0.3, -0.25) is 4.79 Å². The zero-order valence-corrected chi connectivity index (χ0v) is 14.9. The number of para-hydroxylation sites is 1. The van der Waals surface area contributed by atoms with Gasteiger partial charge in [0.15, 0.2) is 17.3 Å². The van der Waals surface area contributed by atoms with Gasteiger partial charge >= 0.3 is 0 Å². The quantitative estimate of drug-likeness (QED) is 0.698. The van der Waals surface area contributed by atoms with Gasteiger partial charge in [-0.1, -0.05) is 18.2 Å². The fourth-order valence-electron chi connectivity index (χ4n) is 3.83. The van der Waals surface area contributed by atoms with Crippen molar-refractivity contribution in [3.05, 3.63) is 65.4 Å². The molecule has 136 valence electrons. The van der Waals surface area contributed by atoms with Crippen LogP contribution in [0.4, 0.5) is 0 Å². The van der Waals surface area contributed by atoms with Crippen molar-refractivity contribution in [1.29, 1.82) is 0 Å². The van der Waals surface area contributed by atoms with E-state index in [1.807, 2.05) is 30.5 Å². The maximum atomic E-state index is 12.6. The Balaban J connectivity index is 1.35.